The van der Waals surface area contributed by atoms with Gasteiger partial charge in [-0.2, -0.15) is 0 Å². The maximum atomic E-state index is 11.9. The molecule has 1 saturated carbocycles. The Balaban J connectivity index is 0.00000324. The quantitative estimate of drug-likeness (QED) is 0.387. The Kier molecular flexibility index (Phi) is 10.7. The number of benzene rings is 2. The Labute approximate surface area is 216 Å². The van der Waals surface area contributed by atoms with E-state index in [1.807, 2.05) is 12.1 Å². The molecule has 2 fully saturated rings. The highest BCUT2D eigenvalue weighted by atomic mass is 35.5. The Morgan fingerprint density at radius 2 is 1.50 bits per heavy atom. The topological polar surface area (TPSA) is 52.7 Å². The van der Waals surface area contributed by atoms with Crippen molar-refractivity contribution in [3.05, 3.63) is 59.1 Å². The Bertz CT molecular complexity index is 989. The second kappa shape index (κ2) is 13.2. The summed E-state index contributed by atoms with van der Waals surface area (Å²) < 4.78 is 26.6. The molecule has 0 radical (unpaired) electrons. The lowest BCUT2D eigenvalue weighted by Crippen LogP contribution is -2.46. The van der Waals surface area contributed by atoms with Gasteiger partial charge in [0.1, 0.15) is 0 Å². The lowest BCUT2D eigenvalue weighted by molar-refractivity contribution is 0.125. The van der Waals surface area contributed by atoms with Crippen molar-refractivity contribution in [3.8, 4) is 11.1 Å². The second-order valence-corrected chi connectivity index (χ2v) is 11.7. The first-order chi connectivity index (χ1) is 16.0. The van der Waals surface area contributed by atoms with Gasteiger partial charge in [-0.05, 0) is 61.1 Å². The normalized spacial score (nSPS) is 17.4. The number of halogens is 2. The Morgan fingerprint density at radius 1 is 0.853 bits per heavy atom. The van der Waals surface area contributed by atoms with Crippen molar-refractivity contribution in [1.82, 2.24) is 14.5 Å². The van der Waals surface area contributed by atoms with Crippen LogP contribution in [0, 0.1) is 0 Å². The molecule has 0 atom stereocenters. The summed E-state index contributed by atoms with van der Waals surface area (Å²) in [6, 6.07) is 17.0. The zero-order valence-electron chi connectivity index (χ0n) is 19.8. The van der Waals surface area contributed by atoms with Crippen molar-refractivity contribution < 1.29 is 8.42 Å². The molecule has 1 aliphatic carbocycles. The van der Waals surface area contributed by atoms with Crippen molar-refractivity contribution in [2.75, 3.05) is 38.5 Å². The number of hydrogen-bond donors (Lipinski definition) is 1. The van der Waals surface area contributed by atoms with Gasteiger partial charge in [0.2, 0.25) is 10.0 Å². The fourth-order valence-electron chi connectivity index (χ4n) is 4.48. The first kappa shape index (κ1) is 27.4. The van der Waals surface area contributed by atoms with Crippen LogP contribution in [0.4, 0.5) is 0 Å². The van der Waals surface area contributed by atoms with E-state index in [9.17, 15) is 8.42 Å². The summed E-state index contributed by atoms with van der Waals surface area (Å²) in [5.74, 6) is 0.277. The van der Waals surface area contributed by atoms with Gasteiger partial charge in [0.05, 0.1) is 5.75 Å². The van der Waals surface area contributed by atoms with Gasteiger partial charge in [-0.3, -0.25) is 4.90 Å². The molecule has 4 rings (SSSR count). The molecule has 1 saturated heterocycles. The van der Waals surface area contributed by atoms with E-state index in [2.05, 4.69) is 50.9 Å². The summed E-state index contributed by atoms with van der Waals surface area (Å²) in [4.78, 5) is 5.09. The summed E-state index contributed by atoms with van der Waals surface area (Å²) in [6.07, 6.45) is 6.02. The number of nitrogens with zero attached hydrogens (tertiary/aromatic N) is 2. The fraction of sp³-hybridized carbons (Fsp3) is 0.538. The largest absolute Gasteiger partial charge is 0.301 e. The maximum absolute atomic E-state index is 11.9. The van der Waals surface area contributed by atoms with Crippen LogP contribution in [-0.4, -0.2) is 62.7 Å². The number of hydrogen-bond acceptors (Lipinski definition) is 4. The highest BCUT2D eigenvalue weighted by molar-refractivity contribution is 7.89. The van der Waals surface area contributed by atoms with Gasteiger partial charge in [-0.1, -0.05) is 60.8 Å². The molecular formula is C26H37Cl2N3O2S. The van der Waals surface area contributed by atoms with Crippen molar-refractivity contribution in [1.29, 1.82) is 0 Å². The third-order valence-corrected chi connectivity index (χ3v) is 8.36. The van der Waals surface area contributed by atoms with Crippen LogP contribution in [0.5, 0.6) is 0 Å². The molecule has 5 nitrogen and oxygen atoms in total. The van der Waals surface area contributed by atoms with Gasteiger partial charge < -0.3 is 4.90 Å². The second-order valence-electron chi connectivity index (χ2n) is 9.41. The minimum absolute atomic E-state index is 0. The smallest absolute Gasteiger partial charge is 0.211 e. The number of unbranched alkanes of at least 4 members (excludes halogenated alkanes) is 3. The van der Waals surface area contributed by atoms with Crippen molar-refractivity contribution in [2.24, 2.45) is 0 Å². The van der Waals surface area contributed by atoms with Gasteiger partial charge >= 0.3 is 0 Å². The van der Waals surface area contributed by atoms with Crippen LogP contribution < -0.4 is 4.72 Å². The predicted molar refractivity (Wildman–Crippen MR) is 144 cm³/mol. The summed E-state index contributed by atoms with van der Waals surface area (Å²) in [5, 5.41) is 0.767. The van der Waals surface area contributed by atoms with Crippen LogP contribution in [-0.2, 0) is 16.6 Å². The number of sulfonamides is 1. The van der Waals surface area contributed by atoms with Gasteiger partial charge in [0, 0.05) is 43.8 Å². The van der Waals surface area contributed by atoms with E-state index in [4.69, 9.17) is 11.6 Å². The molecule has 2 aliphatic rings. The van der Waals surface area contributed by atoms with Crippen molar-refractivity contribution in [2.45, 2.75) is 51.1 Å². The summed E-state index contributed by atoms with van der Waals surface area (Å²) in [5.41, 5.74) is 3.86. The SMILES string of the molecule is Cl.O=S(=O)(CCCCCCN1CCN(Cc2ccccc2-c2ccc(Cl)cc2)CC1)NC1CC1. The van der Waals surface area contributed by atoms with Crippen LogP contribution in [0.2, 0.25) is 5.02 Å². The molecule has 188 valence electrons. The zero-order chi connectivity index (χ0) is 23.1. The van der Waals surface area contributed by atoms with E-state index in [0.29, 0.717) is 0 Å². The average Bonchev–Trinajstić information content (AvgIpc) is 3.61. The number of piperazine rings is 1. The van der Waals surface area contributed by atoms with Crippen LogP contribution in [0.25, 0.3) is 11.1 Å². The molecule has 1 N–H and O–H groups in total. The molecule has 2 aromatic rings. The van der Waals surface area contributed by atoms with E-state index in [1.54, 1.807) is 0 Å². The monoisotopic (exact) mass is 525 g/mol. The third-order valence-electron chi connectivity index (χ3n) is 6.59. The zero-order valence-corrected chi connectivity index (χ0v) is 22.2. The molecule has 1 heterocycles. The first-order valence-corrected chi connectivity index (χ1v) is 14.3. The lowest BCUT2D eigenvalue weighted by atomic mass is 9.99. The first-order valence-electron chi connectivity index (χ1n) is 12.3. The molecule has 2 aromatic carbocycles. The minimum atomic E-state index is -3.05. The molecule has 8 heteroatoms. The molecule has 0 bridgehead atoms. The Hall–Kier alpha value is -1.15. The van der Waals surface area contributed by atoms with Crippen molar-refractivity contribution >= 4 is 34.0 Å². The lowest BCUT2D eigenvalue weighted by Gasteiger charge is -2.35. The van der Waals surface area contributed by atoms with Gasteiger partial charge in [0.25, 0.3) is 0 Å². The number of rotatable bonds is 12. The molecule has 0 aromatic heterocycles. The van der Waals surface area contributed by atoms with Gasteiger partial charge in [0.15, 0.2) is 0 Å². The van der Waals surface area contributed by atoms with Crippen molar-refractivity contribution in [3.63, 3.8) is 0 Å². The fourth-order valence-corrected chi connectivity index (χ4v) is 6.05. The van der Waals surface area contributed by atoms with E-state index >= 15 is 0 Å². The summed E-state index contributed by atoms with van der Waals surface area (Å²) >= 11 is 6.07. The predicted octanol–water partition coefficient (Wildman–Crippen LogP) is 5.19. The van der Waals surface area contributed by atoms with Gasteiger partial charge in [-0.25, -0.2) is 13.1 Å². The van der Waals surface area contributed by atoms with Crippen LogP contribution >= 0.6 is 24.0 Å². The maximum Gasteiger partial charge on any atom is 0.211 e. The third kappa shape index (κ3) is 8.81. The summed E-state index contributed by atoms with van der Waals surface area (Å²) in [6.45, 7) is 6.45. The molecule has 0 amide bonds. The Morgan fingerprint density at radius 3 is 2.21 bits per heavy atom. The molecule has 34 heavy (non-hydrogen) atoms. The van der Waals surface area contributed by atoms with E-state index in [1.165, 1.54) is 16.7 Å². The molecule has 0 unspecified atom stereocenters. The molecular weight excluding hydrogens is 489 g/mol. The standard InChI is InChI=1S/C26H36ClN3O2S.ClH/c27-24-11-9-22(10-12-24)26-8-4-3-7-23(26)21-30-18-16-29(17-19-30)15-5-1-2-6-20-33(31,32)28-25-13-14-25;/h3-4,7-12,25,28H,1-2,5-6,13-21H2;1H. The summed E-state index contributed by atoms with van der Waals surface area (Å²) in [7, 11) is -3.05. The molecule has 0 spiro atoms. The van der Waals surface area contributed by atoms with E-state index in [-0.39, 0.29) is 24.2 Å². The van der Waals surface area contributed by atoms with E-state index < -0.39 is 10.0 Å². The van der Waals surface area contributed by atoms with Crippen LogP contribution in [0.3, 0.4) is 0 Å². The minimum Gasteiger partial charge on any atom is -0.301 e. The van der Waals surface area contributed by atoms with Crippen LogP contribution in [0.15, 0.2) is 48.5 Å². The van der Waals surface area contributed by atoms with Gasteiger partial charge in [-0.15, -0.1) is 12.4 Å². The average molecular weight is 527 g/mol. The molecule has 1 aliphatic heterocycles. The highest BCUT2D eigenvalue weighted by Gasteiger charge is 2.26. The van der Waals surface area contributed by atoms with Crippen LogP contribution in [0.1, 0.15) is 44.1 Å². The van der Waals surface area contributed by atoms with E-state index in [0.717, 1.165) is 82.8 Å². The highest BCUT2D eigenvalue weighted by Crippen LogP contribution is 2.26. The number of nitrogens with one attached hydrogen (secondary N) is 1.